The number of carbonyl (C=O) groups excluding carboxylic acids is 10. The van der Waals surface area contributed by atoms with Crippen LogP contribution in [0.3, 0.4) is 0 Å². The number of nitrogens with zero attached hydrogens (tertiary/aromatic N) is 2. The maximum absolute atomic E-state index is 13.1. The number of unbranched alkanes of at least 4 members (excludes halogenated alkanes) is 1. The van der Waals surface area contributed by atoms with Crippen molar-refractivity contribution < 1.29 is 52.7 Å². The molecule has 0 spiro atoms. The van der Waals surface area contributed by atoms with Crippen molar-refractivity contribution in [3.63, 3.8) is 0 Å². The summed E-state index contributed by atoms with van der Waals surface area (Å²) in [6.45, 7) is 4.19. The highest BCUT2D eigenvalue weighted by Crippen LogP contribution is 2.24. The zero-order chi connectivity index (χ0) is 41.6. The van der Waals surface area contributed by atoms with Gasteiger partial charge in [0.1, 0.15) is 0 Å². The summed E-state index contributed by atoms with van der Waals surface area (Å²) in [5.41, 5.74) is 0. The van der Waals surface area contributed by atoms with Crippen LogP contribution in [0.5, 0.6) is 0 Å². The van der Waals surface area contributed by atoms with Crippen molar-refractivity contribution in [1.29, 1.82) is 0 Å². The highest BCUT2D eigenvalue weighted by Gasteiger charge is 2.38. The summed E-state index contributed by atoms with van der Waals surface area (Å²) in [7, 11) is 0. The van der Waals surface area contributed by atoms with Gasteiger partial charge in [-0.25, -0.2) is 4.79 Å². The molecule has 10 amide bonds. The third kappa shape index (κ3) is 17.2. The highest BCUT2D eigenvalue weighted by atomic mass is 32.2. The number of imide groups is 2. The average Bonchev–Trinajstić information content (AvgIpc) is 3.60. The molecule has 2 saturated heterocycles. The topological polar surface area (TPSA) is 259 Å². The number of rotatable bonds is 26. The first-order valence-corrected chi connectivity index (χ1v) is 21.3. The quantitative estimate of drug-likeness (QED) is 0.0454. The van der Waals surface area contributed by atoms with Gasteiger partial charge in [-0.3, -0.25) is 53.0 Å². The largest absolute Gasteiger partial charge is 0.450 e. The van der Waals surface area contributed by atoms with E-state index in [1.165, 1.54) is 23.5 Å². The van der Waals surface area contributed by atoms with Gasteiger partial charge in [0.15, 0.2) is 0 Å². The van der Waals surface area contributed by atoms with E-state index in [9.17, 15) is 47.9 Å². The van der Waals surface area contributed by atoms with E-state index in [1.807, 2.05) is 0 Å². The summed E-state index contributed by atoms with van der Waals surface area (Å²) in [5.74, 6) is -3.88. The highest BCUT2D eigenvalue weighted by molar-refractivity contribution is 8.00. The Balaban J connectivity index is 1.81. The minimum absolute atomic E-state index is 0.0342. The van der Waals surface area contributed by atoms with Crippen LogP contribution in [0.4, 0.5) is 4.79 Å². The molecule has 2 aliphatic rings. The number of carbonyl (C=O) groups is 10. The van der Waals surface area contributed by atoms with Gasteiger partial charge in [0.05, 0.1) is 17.1 Å². The van der Waals surface area contributed by atoms with Gasteiger partial charge in [-0.15, -0.1) is 0 Å². The fourth-order valence-corrected chi connectivity index (χ4v) is 7.02. The van der Waals surface area contributed by atoms with Crippen LogP contribution in [0.25, 0.3) is 0 Å². The Kier molecular flexibility index (Phi) is 21.9. The number of amides is 10. The molecule has 0 aliphatic carbocycles. The molecule has 2 rings (SSSR count). The minimum atomic E-state index is -0.888. The van der Waals surface area contributed by atoms with Gasteiger partial charge in [-0.05, 0) is 32.3 Å². The van der Waals surface area contributed by atoms with Crippen molar-refractivity contribution in [2.75, 3.05) is 64.9 Å². The maximum Gasteiger partial charge on any atom is 0.407 e. The number of ether oxygens (including phenoxy) is 1. The molecule has 0 bridgehead atoms. The molecule has 21 heteroatoms. The van der Waals surface area contributed by atoms with Crippen LogP contribution < -0.4 is 31.9 Å². The lowest BCUT2D eigenvalue weighted by Gasteiger charge is -2.21. The fraction of sp³-hybridized carbons (Fsp3) is 0.714. The smallest absolute Gasteiger partial charge is 0.407 e. The van der Waals surface area contributed by atoms with E-state index in [4.69, 9.17) is 4.74 Å². The summed E-state index contributed by atoms with van der Waals surface area (Å²) in [4.78, 5) is 126. The second-order valence-electron chi connectivity index (χ2n) is 13.2. The molecular weight excluding hydrogens is 773 g/mol. The Bertz CT molecular complexity index is 1360. The van der Waals surface area contributed by atoms with Crippen molar-refractivity contribution in [3.05, 3.63) is 0 Å². The monoisotopic (exact) mass is 828 g/mol. The predicted molar refractivity (Wildman–Crippen MR) is 208 cm³/mol. The molecule has 3 atom stereocenters. The first-order valence-electron chi connectivity index (χ1n) is 18.7. The summed E-state index contributed by atoms with van der Waals surface area (Å²) < 4.78 is 4.82. The van der Waals surface area contributed by atoms with Crippen LogP contribution >= 0.6 is 23.5 Å². The van der Waals surface area contributed by atoms with E-state index in [2.05, 4.69) is 31.9 Å². The first-order chi connectivity index (χ1) is 26.7. The lowest BCUT2D eigenvalue weighted by molar-refractivity contribution is -0.140. The van der Waals surface area contributed by atoms with Gasteiger partial charge in [-0.2, -0.15) is 23.5 Å². The number of likely N-dealkylation sites (tertiary alicyclic amines) is 2. The third-order valence-electron chi connectivity index (χ3n) is 8.90. The molecule has 0 aromatic rings. The maximum atomic E-state index is 13.1. The van der Waals surface area contributed by atoms with E-state index in [0.29, 0.717) is 25.8 Å². The second-order valence-corrected chi connectivity index (χ2v) is 15.3. The van der Waals surface area contributed by atoms with E-state index >= 15 is 0 Å². The van der Waals surface area contributed by atoms with Gasteiger partial charge in [0.25, 0.3) is 0 Å². The van der Waals surface area contributed by atoms with Crippen LogP contribution in [0.1, 0.15) is 71.6 Å². The minimum Gasteiger partial charge on any atom is -0.450 e. The molecular formula is C35H56N8O11S2. The second kappa shape index (κ2) is 25.7. The Hall–Kier alpha value is -4.40. The SMILES string of the molecule is CCOC(=O)NCCCCC(C)C(=O)NC(CC(=O)NCCNC(=O)CCN1C(=O)CC(SC)C1=O)CC(=O)NCCNC(=O)CCN1C(=O)CC(SC)C1=O. The Labute approximate surface area is 335 Å². The standard InChI is InChI=1S/C35H56N8O11S2/c1-5-54-35(53)40-11-7-6-8-22(2)32(50)41-23(18-28(46)38-14-12-36-26(44)9-16-42-30(48)20-24(55-3)33(42)51)19-29(47)39-15-13-37-27(45)10-17-43-31(49)21-25(56-4)34(43)52/h22-25H,5-21H2,1-4H3,(H,36,44)(H,37,45)(H,38,46)(H,39,47)(H,40,53)(H,41,50). The molecule has 314 valence electrons. The summed E-state index contributed by atoms with van der Waals surface area (Å²) >= 11 is 2.57. The van der Waals surface area contributed by atoms with E-state index in [0.717, 1.165) is 9.80 Å². The van der Waals surface area contributed by atoms with Gasteiger partial charge >= 0.3 is 6.09 Å². The number of thioether (sulfide) groups is 2. The Morgan fingerprint density at radius 3 is 1.54 bits per heavy atom. The van der Waals surface area contributed by atoms with Crippen molar-refractivity contribution >= 4 is 82.8 Å². The summed E-state index contributed by atoms with van der Waals surface area (Å²) in [6.07, 6.45) is 4.23. The molecule has 2 fully saturated rings. The molecule has 19 nitrogen and oxygen atoms in total. The van der Waals surface area contributed by atoms with Crippen LogP contribution in [0.15, 0.2) is 0 Å². The number of alkyl carbamates (subject to hydrolysis) is 1. The number of nitrogens with one attached hydrogen (secondary N) is 6. The molecule has 0 aromatic heterocycles. The zero-order valence-electron chi connectivity index (χ0n) is 32.5. The van der Waals surface area contributed by atoms with Gasteiger partial charge in [0.2, 0.25) is 53.2 Å². The average molecular weight is 829 g/mol. The van der Waals surface area contributed by atoms with Gasteiger partial charge in [-0.1, -0.05) is 13.3 Å². The van der Waals surface area contributed by atoms with E-state index < -0.39 is 52.2 Å². The van der Waals surface area contributed by atoms with Gasteiger partial charge in [0, 0.05) is 96.3 Å². The number of hydrogen-bond donors (Lipinski definition) is 6. The van der Waals surface area contributed by atoms with Crippen LogP contribution in [-0.2, 0) is 47.9 Å². The lowest BCUT2D eigenvalue weighted by Crippen LogP contribution is -2.45. The van der Waals surface area contributed by atoms with Crippen LogP contribution in [0, 0.1) is 5.92 Å². The predicted octanol–water partition coefficient (Wildman–Crippen LogP) is -0.970. The van der Waals surface area contributed by atoms with Crippen molar-refractivity contribution in [2.24, 2.45) is 5.92 Å². The Morgan fingerprint density at radius 1 is 0.679 bits per heavy atom. The molecule has 0 aromatic carbocycles. The van der Waals surface area contributed by atoms with Crippen LogP contribution in [-0.4, -0.2) is 151 Å². The summed E-state index contributed by atoms with van der Waals surface area (Å²) in [6, 6.07) is -0.888. The van der Waals surface area contributed by atoms with Crippen molar-refractivity contribution in [2.45, 2.75) is 88.2 Å². The number of hydrogen-bond acceptors (Lipinski definition) is 13. The normalized spacial score (nSPS) is 17.6. The zero-order valence-corrected chi connectivity index (χ0v) is 34.2. The van der Waals surface area contributed by atoms with E-state index in [1.54, 1.807) is 26.4 Å². The fourth-order valence-electron chi connectivity index (χ4n) is 5.74. The third-order valence-corrected chi connectivity index (χ3v) is 10.8. The summed E-state index contributed by atoms with van der Waals surface area (Å²) in [5, 5.41) is 15.1. The molecule has 2 heterocycles. The molecule has 0 radical (unpaired) electrons. The molecule has 2 aliphatic heterocycles. The van der Waals surface area contributed by atoms with Gasteiger partial charge < -0.3 is 36.6 Å². The van der Waals surface area contributed by atoms with Crippen molar-refractivity contribution in [3.8, 4) is 0 Å². The van der Waals surface area contributed by atoms with Crippen molar-refractivity contribution in [1.82, 2.24) is 41.7 Å². The molecule has 56 heavy (non-hydrogen) atoms. The Morgan fingerprint density at radius 2 is 1.12 bits per heavy atom. The first kappa shape index (κ1) is 47.8. The molecule has 0 saturated carbocycles. The molecule has 6 N–H and O–H groups in total. The van der Waals surface area contributed by atoms with E-state index in [-0.39, 0.29) is 114 Å². The lowest BCUT2D eigenvalue weighted by atomic mass is 10.0. The molecule has 3 unspecified atom stereocenters. The van der Waals surface area contributed by atoms with Crippen LogP contribution in [0.2, 0.25) is 0 Å².